The van der Waals surface area contributed by atoms with Crippen LogP contribution in [0.1, 0.15) is 17.0 Å². The van der Waals surface area contributed by atoms with Gasteiger partial charge in [-0.05, 0) is 67.1 Å². The second kappa shape index (κ2) is 8.45. The molecule has 130 valence electrons. The molecular weight excluding hydrogens is 390 g/mol. The van der Waals surface area contributed by atoms with Gasteiger partial charge in [0.05, 0.1) is 5.69 Å². The fraction of sp³-hybridized carbons (Fsp3) is 0.0476. The van der Waals surface area contributed by atoms with Gasteiger partial charge in [-0.2, -0.15) is 0 Å². The maximum atomic E-state index is 12.1. The first kappa shape index (κ1) is 17.9. The summed E-state index contributed by atoms with van der Waals surface area (Å²) in [6.07, 6.45) is 3.92. The fourth-order valence-electron chi connectivity index (χ4n) is 2.39. The van der Waals surface area contributed by atoms with E-state index in [1.807, 2.05) is 85.8 Å². The van der Waals surface area contributed by atoms with E-state index >= 15 is 0 Å². The van der Waals surface area contributed by atoms with Crippen molar-refractivity contribution in [3.8, 4) is 0 Å². The average molecular weight is 408 g/mol. The van der Waals surface area contributed by atoms with Crippen LogP contribution < -0.4 is 10.6 Å². The number of urea groups is 1. The maximum Gasteiger partial charge on any atom is 0.323 e. The minimum atomic E-state index is -0.284. The predicted molar refractivity (Wildman–Crippen MR) is 111 cm³/mol. The monoisotopic (exact) mass is 407 g/mol. The average Bonchev–Trinajstić information content (AvgIpc) is 2.62. The maximum absolute atomic E-state index is 12.1. The number of amides is 2. The molecule has 0 aliphatic carbocycles. The quantitative estimate of drug-likeness (QED) is 0.559. The molecule has 2 amide bonds. The second-order valence-electron chi connectivity index (χ2n) is 5.75. The summed E-state index contributed by atoms with van der Waals surface area (Å²) >= 11 is 3.37. The van der Waals surface area contributed by atoms with E-state index in [-0.39, 0.29) is 6.03 Å². The summed E-state index contributed by atoms with van der Waals surface area (Å²) in [6, 6.07) is 20.7. The van der Waals surface area contributed by atoms with Crippen LogP contribution in [0.15, 0.2) is 71.2 Å². The lowest BCUT2D eigenvalue weighted by atomic mass is 10.1. The molecule has 0 bridgehead atoms. The number of anilines is 2. The molecule has 0 atom stereocenters. The van der Waals surface area contributed by atoms with Gasteiger partial charge in [-0.3, -0.25) is 4.98 Å². The number of carbonyl (C=O) groups is 1. The van der Waals surface area contributed by atoms with Crippen LogP contribution in [0, 0.1) is 6.92 Å². The van der Waals surface area contributed by atoms with Crippen LogP contribution >= 0.6 is 15.9 Å². The van der Waals surface area contributed by atoms with Crippen LogP contribution in [0.2, 0.25) is 0 Å². The third-order valence-corrected chi connectivity index (χ3v) is 4.13. The largest absolute Gasteiger partial charge is 0.323 e. The van der Waals surface area contributed by atoms with Crippen LogP contribution in [-0.4, -0.2) is 11.0 Å². The number of rotatable bonds is 4. The van der Waals surface area contributed by atoms with Gasteiger partial charge in [-0.1, -0.05) is 40.2 Å². The Balaban J connectivity index is 1.65. The molecule has 4 nitrogen and oxygen atoms in total. The Morgan fingerprint density at radius 2 is 1.65 bits per heavy atom. The van der Waals surface area contributed by atoms with Crippen LogP contribution in [0.25, 0.3) is 12.2 Å². The van der Waals surface area contributed by atoms with Gasteiger partial charge in [0.1, 0.15) is 0 Å². The normalized spacial score (nSPS) is 10.7. The highest BCUT2D eigenvalue weighted by Crippen LogP contribution is 2.16. The molecule has 2 N–H and O–H groups in total. The molecule has 26 heavy (non-hydrogen) atoms. The third kappa shape index (κ3) is 5.29. The van der Waals surface area contributed by atoms with Crippen molar-refractivity contribution in [3.63, 3.8) is 0 Å². The van der Waals surface area contributed by atoms with E-state index in [9.17, 15) is 4.79 Å². The first-order valence-electron chi connectivity index (χ1n) is 8.14. The summed E-state index contributed by atoms with van der Waals surface area (Å²) in [5, 5.41) is 5.64. The van der Waals surface area contributed by atoms with Crippen LogP contribution in [-0.2, 0) is 0 Å². The fourth-order valence-corrected chi connectivity index (χ4v) is 2.65. The number of pyridine rings is 1. The van der Waals surface area contributed by atoms with Crippen molar-refractivity contribution in [1.29, 1.82) is 0 Å². The van der Waals surface area contributed by atoms with Gasteiger partial charge in [0.25, 0.3) is 0 Å². The number of aryl methyl sites for hydroxylation is 1. The van der Waals surface area contributed by atoms with E-state index in [0.29, 0.717) is 0 Å². The Morgan fingerprint density at radius 3 is 2.42 bits per heavy atom. The molecule has 1 heterocycles. The standard InChI is InChI=1S/C21H18BrN3O/c1-15-4-2-6-18(23-15)11-8-16-5-3-7-20(14-16)25-21(26)24-19-12-9-17(22)10-13-19/h2-14H,1H3,(H2,24,25,26)/b11-8+. The van der Waals surface area contributed by atoms with Crippen molar-refractivity contribution in [3.05, 3.63) is 88.2 Å². The highest BCUT2D eigenvalue weighted by Gasteiger charge is 2.03. The Kier molecular flexibility index (Phi) is 5.81. The van der Waals surface area contributed by atoms with Crippen LogP contribution in [0.3, 0.4) is 0 Å². The first-order valence-corrected chi connectivity index (χ1v) is 8.93. The molecule has 3 aromatic rings. The minimum absolute atomic E-state index is 0.284. The van der Waals surface area contributed by atoms with E-state index in [0.717, 1.165) is 32.8 Å². The van der Waals surface area contributed by atoms with Crippen molar-refractivity contribution >= 4 is 45.5 Å². The summed E-state index contributed by atoms with van der Waals surface area (Å²) in [5.74, 6) is 0. The van der Waals surface area contributed by atoms with E-state index < -0.39 is 0 Å². The van der Waals surface area contributed by atoms with Crippen LogP contribution in [0.4, 0.5) is 16.2 Å². The van der Waals surface area contributed by atoms with Gasteiger partial charge in [0.2, 0.25) is 0 Å². The molecule has 0 aliphatic heterocycles. The third-order valence-electron chi connectivity index (χ3n) is 3.60. The Hall–Kier alpha value is -2.92. The molecule has 1 aromatic heterocycles. The van der Waals surface area contributed by atoms with Crippen molar-refractivity contribution in [1.82, 2.24) is 4.98 Å². The van der Waals surface area contributed by atoms with Crippen LogP contribution in [0.5, 0.6) is 0 Å². The molecule has 0 radical (unpaired) electrons. The van der Waals surface area contributed by atoms with E-state index in [2.05, 4.69) is 31.5 Å². The smallest absolute Gasteiger partial charge is 0.308 e. The van der Waals surface area contributed by atoms with Gasteiger partial charge >= 0.3 is 6.03 Å². The minimum Gasteiger partial charge on any atom is -0.308 e. The topological polar surface area (TPSA) is 54.0 Å². The van der Waals surface area contributed by atoms with E-state index in [4.69, 9.17) is 0 Å². The number of aromatic nitrogens is 1. The molecular formula is C21H18BrN3O. The summed E-state index contributed by atoms with van der Waals surface area (Å²) in [7, 11) is 0. The number of halogens is 1. The first-order chi connectivity index (χ1) is 12.6. The number of hydrogen-bond donors (Lipinski definition) is 2. The molecule has 0 saturated carbocycles. The van der Waals surface area contributed by atoms with E-state index in [1.54, 1.807) is 0 Å². The highest BCUT2D eigenvalue weighted by molar-refractivity contribution is 9.10. The zero-order valence-electron chi connectivity index (χ0n) is 14.2. The predicted octanol–water partition coefficient (Wildman–Crippen LogP) is 5.97. The number of hydrogen-bond acceptors (Lipinski definition) is 2. The van der Waals surface area contributed by atoms with Gasteiger partial charge in [0.15, 0.2) is 0 Å². The van der Waals surface area contributed by atoms with Crippen molar-refractivity contribution in [2.75, 3.05) is 10.6 Å². The highest BCUT2D eigenvalue weighted by atomic mass is 79.9. The van der Waals surface area contributed by atoms with E-state index in [1.165, 1.54) is 0 Å². The van der Waals surface area contributed by atoms with Gasteiger partial charge in [0, 0.05) is 21.5 Å². The van der Waals surface area contributed by atoms with Gasteiger partial charge < -0.3 is 10.6 Å². The van der Waals surface area contributed by atoms with Gasteiger partial charge in [-0.25, -0.2) is 4.79 Å². The molecule has 5 heteroatoms. The molecule has 0 aliphatic rings. The van der Waals surface area contributed by atoms with Crippen molar-refractivity contribution < 1.29 is 4.79 Å². The Bertz CT molecular complexity index is 936. The number of nitrogens with zero attached hydrogens (tertiary/aromatic N) is 1. The molecule has 2 aromatic carbocycles. The Labute approximate surface area is 161 Å². The summed E-state index contributed by atoms with van der Waals surface area (Å²) in [5.41, 5.74) is 4.31. The Morgan fingerprint density at radius 1 is 0.923 bits per heavy atom. The molecule has 0 saturated heterocycles. The van der Waals surface area contributed by atoms with Crippen molar-refractivity contribution in [2.45, 2.75) is 6.92 Å². The van der Waals surface area contributed by atoms with Crippen molar-refractivity contribution in [2.24, 2.45) is 0 Å². The lowest BCUT2D eigenvalue weighted by Gasteiger charge is -2.08. The lowest BCUT2D eigenvalue weighted by Crippen LogP contribution is -2.19. The SMILES string of the molecule is Cc1cccc(/C=C/c2cccc(NC(=O)Nc3ccc(Br)cc3)c2)n1. The number of nitrogens with one attached hydrogen (secondary N) is 2. The molecule has 0 spiro atoms. The molecule has 3 rings (SSSR count). The second-order valence-corrected chi connectivity index (χ2v) is 6.66. The number of carbonyl (C=O) groups excluding carboxylic acids is 1. The lowest BCUT2D eigenvalue weighted by molar-refractivity contribution is 0.262. The summed E-state index contributed by atoms with van der Waals surface area (Å²) in [6.45, 7) is 1.96. The number of benzene rings is 2. The zero-order chi connectivity index (χ0) is 18.4. The van der Waals surface area contributed by atoms with Gasteiger partial charge in [-0.15, -0.1) is 0 Å². The summed E-state index contributed by atoms with van der Waals surface area (Å²) < 4.78 is 0.964. The molecule has 0 unspecified atom stereocenters. The zero-order valence-corrected chi connectivity index (χ0v) is 15.8. The summed E-state index contributed by atoms with van der Waals surface area (Å²) in [4.78, 5) is 16.6. The molecule has 0 fully saturated rings.